The maximum Gasteiger partial charge on any atom is 0.255 e. The van der Waals surface area contributed by atoms with Gasteiger partial charge in [-0.25, -0.2) is 0 Å². The van der Waals surface area contributed by atoms with Gasteiger partial charge in [-0.15, -0.1) is 0 Å². The summed E-state index contributed by atoms with van der Waals surface area (Å²) >= 11 is 0. The van der Waals surface area contributed by atoms with Crippen LogP contribution < -0.4 is 5.32 Å². The number of hydrogen-bond donors (Lipinski definition) is 1. The highest BCUT2D eigenvalue weighted by Gasteiger charge is 2.56. The highest BCUT2D eigenvalue weighted by atomic mass is 16.2. The van der Waals surface area contributed by atoms with Crippen molar-refractivity contribution in [3.8, 4) is 0 Å². The number of hydrogen-bond acceptors (Lipinski definition) is 3. The zero-order chi connectivity index (χ0) is 16.6. The van der Waals surface area contributed by atoms with Gasteiger partial charge in [-0.05, 0) is 43.7 Å². The van der Waals surface area contributed by atoms with E-state index in [0.29, 0.717) is 11.6 Å². The molecule has 2 fully saturated rings. The number of pyridine rings is 1. The maximum absolute atomic E-state index is 12.6. The minimum absolute atomic E-state index is 0.0304. The summed E-state index contributed by atoms with van der Waals surface area (Å²) in [5.41, 5.74) is 1.71. The summed E-state index contributed by atoms with van der Waals surface area (Å²) in [4.78, 5) is 30.6. The first-order valence-electron chi connectivity index (χ1n) is 8.44. The molecule has 3 rings (SSSR count). The Kier molecular flexibility index (Phi) is 4.13. The zero-order valence-corrected chi connectivity index (χ0v) is 14.1. The molecule has 2 heterocycles. The molecular formula is C18H25N3O2. The van der Waals surface area contributed by atoms with Crippen LogP contribution in [-0.4, -0.2) is 40.8 Å². The van der Waals surface area contributed by atoms with E-state index in [1.165, 1.54) is 0 Å². The van der Waals surface area contributed by atoms with Crippen molar-refractivity contribution in [1.82, 2.24) is 15.2 Å². The SMILES string of the molecule is Cc1ncccc1C(=O)N1CCC2(CC1)CC2NC(=O)C(C)C. The lowest BCUT2D eigenvalue weighted by Crippen LogP contribution is -2.42. The molecule has 1 aromatic heterocycles. The number of carbonyl (C=O) groups excluding carboxylic acids is 2. The van der Waals surface area contributed by atoms with Gasteiger partial charge in [0.15, 0.2) is 0 Å². The normalized spacial score (nSPS) is 22.3. The topological polar surface area (TPSA) is 62.3 Å². The molecule has 1 aliphatic carbocycles. The lowest BCUT2D eigenvalue weighted by atomic mass is 9.92. The van der Waals surface area contributed by atoms with E-state index in [-0.39, 0.29) is 23.1 Å². The summed E-state index contributed by atoms with van der Waals surface area (Å²) in [6.45, 7) is 7.24. The van der Waals surface area contributed by atoms with Crippen molar-refractivity contribution in [3.05, 3.63) is 29.6 Å². The molecule has 2 amide bonds. The van der Waals surface area contributed by atoms with E-state index < -0.39 is 0 Å². The molecule has 124 valence electrons. The van der Waals surface area contributed by atoms with Gasteiger partial charge in [0, 0.05) is 36.9 Å². The average molecular weight is 315 g/mol. The second-order valence-electron chi connectivity index (χ2n) is 7.21. The van der Waals surface area contributed by atoms with E-state index in [2.05, 4.69) is 10.3 Å². The average Bonchev–Trinajstić information content (AvgIpc) is 3.19. The van der Waals surface area contributed by atoms with Crippen LogP contribution in [0, 0.1) is 18.3 Å². The van der Waals surface area contributed by atoms with Crippen LogP contribution >= 0.6 is 0 Å². The summed E-state index contributed by atoms with van der Waals surface area (Å²) in [5, 5.41) is 3.15. The summed E-state index contributed by atoms with van der Waals surface area (Å²) in [5.74, 6) is 0.244. The first-order chi connectivity index (χ1) is 10.9. The molecule has 1 saturated carbocycles. The van der Waals surface area contributed by atoms with Crippen molar-refractivity contribution in [1.29, 1.82) is 0 Å². The largest absolute Gasteiger partial charge is 0.353 e. The Hall–Kier alpha value is -1.91. The van der Waals surface area contributed by atoms with E-state index in [1.54, 1.807) is 6.20 Å². The highest BCUT2D eigenvalue weighted by Crippen LogP contribution is 2.54. The summed E-state index contributed by atoms with van der Waals surface area (Å²) in [6, 6.07) is 3.96. The van der Waals surface area contributed by atoms with E-state index in [9.17, 15) is 9.59 Å². The van der Waals surface area contributed by atoms with Crippen molar-refractivity contribution in [2.24, 2.45) is 11.3 Å². The number of aryl methyl sites for hydroxylation is 1. The maximum atomic E-state index is 12.6. The first kappa shape index (κ1) is 16.0. The fourth-order valence-electron chi connectivity index (χ4n) is 3.48. The molecule has 0 aromatic carbocycles. The molecule has 1 aliphatic heterocycles. The van der Waals surface area contributed by atoms with Crippen molar-refractivity contribution in [2.45, 2.75) is 46.1 Å². The van der Waals surface area contributed by atoms with Crippen LogP contribution in [0.3, 0.4) is 0 Å². The smallest absolute Gasteiger partial charge is 0.255 e. The number of likely N-dealkylation sites (tertiary alicyclic amines) is 1. The fraction of sp³-hybridized carbons (Fsp3) is 0.611. The minimum Gasteiger partial charge on any atom is -0.353 e. The molecule has 1 aromatic rings. The third-order valence-corrected chi connectivity index (χ3v) is 5.31. The second kappa shape index (κ2) is 5.95. The quantitative estimate of drug-likeness (QED) is 0.930. The number of rotatable bonds is 3. The fourth-order valence-corrected chi connectivity index (χ4v) is 3.48. The zero-order valence-electron chi connectivity index (χ0n) is 14.1. The molecule has 0 radical (unpaired) electrons. The number of nitrogens with one attached hydrogen (secondary N) is 1. The molecular weight excluding hydrogens is 290 g/mol. The minimum atomic E-state index is 0.0304. The van der Waals surface area contributed by atoms with Crippen LogP contribution in [0.5, 0.6) is 0 Å². The predicted octanol–water partition coefficient (Wildman–Crippen LogP) is 2.16. The molecule has 5 heteroatoms. The van der Waals surface area contributed by atoms with Crippen LogP contribution in [0.2, 0.25) is 0 Å². The van der Waals surface area contributed by atoms with Crippen LogP contribution in [-0.2, 0) is 4.79 Å². The molecule has 23 heavy (non-hydrogen) atoms. The molecule has 1 spiro atoms. The third kappa shape index (κ3) is 3.09. The molecule has 1 unspecified atom stereocenters. The number of carbonyl (C=O) groups is 2. The van der Waals surface area contributed by atoms with Crippen LogP contribution in [0.25, 0.3) is 0 Å². The van der Waals surface area contributed by atoms with Gasteiger partial charge in [0.1, 0.15) is 0 Å². The van der Waals surface area contributed by atoms with E-state index in [0.717, 1.165) is 38.0 Å². The molecule has 0 bridgehead atoms. The highest BCUT2D eigenvalue weighted by molar-refractivity contribution is 5.95. The molecule has 2 aliphatic rings. The van der Waals surface area contributed by atoms with Gasteiger partial charge >= 0.3 is 0 Å². The lowest BCUT2D eigenvalue weighted by molar-refractivity contribution is -0.124. The third-order valence-electron chi connectivity index (χ3n) is 5.31. The van der Waals surface area contributed by atoms with Gasteiger partial charge in [-0.2, -0.15) is 0 Å². The van der Waals surface area contributed by atoms with Gasteiger partial charge in [-0.1, -0.05) is 13.8 Å². The Morgan fingerprint density at radius 3 is 2.65 bits per heavy atom. The summed E-state index contributed by atoms with van der Waals surface area (Å²) in [7, 11) is 0. The Morgan fingerprint density at radius 1 is 1.35 bits per heavy atom. The molecule has 1 saturated heterocycles. The van der Waals surface area contributed by atoms with Crippen molar-refractivity contribution >= 4 is 11.8 Å². The van der Waals surface area contributed by atoms with Crippen LogP contribution in [0.15, 0.2) is 18.3 Å². The molecule has 5 nitrogen and oxygen atoms in total. The number of nitrogens with zero attached hydrogens (tertiary/aromatic N) is 2. The van der Waals surface area contributed by atoms with Gasteiger partial charge < -0.3 is 10.2 Å². The van der Waals surface area contributed by atoms with E-state index in [1.807, 2.05) is 37.8 Å². The van der Waals surface area contributed by atoms with E-state index >= 15 is 0 Å². The monoisotopic (exact) mass is 315 g/mol. The van der Waals surface area contributed by atoms with Crippen molar-refractivity contribution in [2.75, 3.05) is 13.1 Å². The van der Waals surface area contributed by atoms with E-state index in [4.69, 9.17) is 0 Å². The Bertz CT molecular complexity index is 618. The van der Waals surface area contributed by atoms with Crippen molar-refractivity contribution in [3.63, 3.8) is 0 Å². The second-order valence-corrected chi connectivity index (χ2v) is 7.21. The van der Waals surface area contributed by atoms with Gasteiger partial charge in [-0.3, -0.25) is 14.6 Å². The Morgan fingerprint density at radius 2 is 2.04 bits per heavy atom. The van der Waals surface area contributed by atoms with Crippen molar-refractivity contribution < 1.29 is 9.59 Å². The molecule has 1 atom stereocenters. The summed E-state index contributed by atoms with van der Waals surface area (Å²) in [6.07, 6.45) is 4.71. The predicted molar refractivity (Wildman–Crippen MR) is 87.9 cm³/mol. The first-order valence-corrected chi connectivity index (χ1v) is 8.44. The summed E-state index contributed by atoms with van der Waals surface area (Å²) < 4.78 is 0. The van der Waals surface area contributed by atoms with Crippen LogP contribution in [0.4, 0.5) is 0 Å². The molecule has 1 N–H and O–H groups in total. The lowest BCUT2D eigenvalue weighted by Gasteiger charge is -2.33. The Labute approximate surface area is 137 Å². The van der Waals surface area contributed by atoms with Gasteiger partial charge in [0.25, 0.3) is 5.91 Å². The Balaban J connectivity index is 1.57. The van der Waals surface area contributed by atoms with Crippen LogP contribution in [0.1, 0.15) is 49.2 Å². The van der Waals surface area contributed by atoms with Gasteiger partial charge in [0.2, 0.25) is 5.91 Å². The number of aromatic nitrogens is 1. The number of piperidine rings is 1. The standard InChI is InChI=1S/C18H25N3O2/c1-12(2)16(22)20-15-11-18(15)6-9-21(10-7-18)17(23)14-5-4-8-19-13(14)3/h4-5,8,12,15H,6-7,9-11H2,1-3H3,(H,20,22). The van der Waals surface area contributed by atoms with Gasteiger partial charge in [0.05, 0.1) is 5.56 Å². The number of amides is 2.